The summed E-state index contributed by atoms with van der Waals surface area (Å²) in [6.45, 7) is 2.24. The summed E-state index contributed by atoms with van der Waals surface area (Å²) in [4.78, 5) is 14.0. The molecule has 0 aliphatic carbocycles. The maximum absolute atomic E-state index is 12.3. The summed E-state index contributed by atoms with van der Waals surface area (Å²) in [5.41, 5.74) is 1.52. The first-order valence-corrected chi connectivity index (χ1v) is 9.00. The van der Waals surface area contributed by atoms with Crippen LogP contribution in [0.1, 0.15) is 0 Å². The van der Waals surface area contributed by atoms with Crippen molar-refractivity contribution in [3.05, 3.63) is 41.4 Å². The molecule has 1 saturated heterocycles. The molecular weight excluding hydrogens is 370 g/mol. The van der Waals surface area contributed by atoms with Crippen LogP contribution in [0.15, 0.2) is 36.4 Å². The van der Waals surface area contributed by atoms with Gasteiger partial charge in [-0.3, -0.25) is 4.79 Å². The lowest BCUT2D eigenvalue weighted by Crippen LogP contribution is -2.42. The number of hydrogen-bond acceptors (Lipinski definition) is 5. The first-order chi connectivity index (χ1) is 13.1. The van der Waals surface area contributed by atoms with E-state index in [0.29, 0.717) is 48.6 Å². The molecule has 0 unspecified atom stereocenters. The van der Waals surface area contributed by atoms with E-state index in [1.165, 1.54) is 0 Å². The molecule has 0 radical (unpaired) electrons. The van der Waals surface area contributed by atoms with Crippen molar-refractivity contribution in [2.75, 3.05) is 47.1 Å². The van der Waals surface area contributed by atoms with Crippen LogP contribution in [0.3, 0.4) is 0 Å². The smallest absolute Gasteiger partial charge is 0.260 e. The topological polar surface area (TPSA) is 57.2 Å². The molecule has 144 valence electrons. The summed E-state index contributed by atoms with van der Waals surface area (Å²) in [6, 6.07) is 10.9. The molecule has 0 spiro atoms. The lowest BCUT2D eigenvalue weighted by molar-refractivity contribution is -0.137. The van der Waals surface area contributed by atoms with E-state index in [-0.39, 0.29) is 12.5 Å². The van der Waals surface area contributed by atoms with Gasteiger partial charge in [-0.15, -0.1) is 0 Å². The monoisotopic (exact) mass is 391 g/mol. The van der Waals surface area contributed by atoms with E-state index >= 15 is 0 Å². The van der Waals surface area contributed by atoms with E-state index < -0.39 is 0 Å². The van der Waals surface area contributed by atoms with E-state index in [0.717, 1.165) is 11.1 Å². The van der Waals surface area contributed by atoms with E-state index in [2.05, 4.69) is 0 Å². The van der Waals surface area contributed by atoms with Gasteiger partial charge in [0.1, 0.15) is 17.2 Å². The normalized spacial score (nSPS) is 14.0. The van der Waals surface area contributed by atoms with E-state index in [9.17, 15) is 4.79 Å². The molecule has 0 saturated carbocycles. The number of carbonyl (C=O) groups excluding carboxylic acids is 1. The second-order valence-electron chi connectivity index (χ2n) is 6.00. The molecule has 1 amide bonds. The molecule has 2 aromatic rings. The van der Waals surface area contributed by atoms with Crippen LogP contribution in [-0.2, 0) is 9.53 Å². The third-order valence-corrected chi connectivity index (χ3v) is 4.64. The predicted molar refractivity (Wildman–Crippen MR) is 103 cm³/mol. The van der Waals surface area contributed by atoms with Crippen molar-refractivity contribution in [2.24, 2.45) is 0 Å². The van der Waals surface area contributed by atoms with Crippen molar-refractivity contribution in [1.82, 2.24) is 4.90 Å². The highest BCUT2D eigenvalue weighted by molar-refractivity contribution is 6.33. The summed E-state index contributed by atoms with van der Waals surface area (Å²) in [6.07, 6.45) is 0. The van der Waals surface area contributed by atoms with Gasteiger partial charge in [-0.2, -0.15) is 0 Å². The Morgan fingerprint density at radius 1 is 1.11 bits per heavy atom. The van der Waals surface area contributed by atoms with Gasteiger partial charge in [-0.05, 0) is 29.8 Å². The summed E-state index contributed by atoms with van der Waals surface area (Å²) in [5.74, 6) is 1.69. The van der Waals surface area contributed by atoms with Gasteiger partial charge in [0, 0.05) is 24.7 Å². The van der Waals surface area contributed by atoms with Crippen molar-refractivity contribution in [2.45, 2.75) is 0 Å². The van der Waals surface area contributed by atoms with Crippen LogP contribution in [0.5, 0.6) is 17.2 Å². The number of methoxy groups -OCH3 is 2. The Morgan fingerprint density at radius 3 is 2.56 bits per heavy atom. The van der Waals surface area contributed by atoms with Gasteiger partial charge in [0.25, 0.3) is 5.91 Å². The van der Waals surface area contributed by atoms with Crippen molar-refractivity contribution in [3.8, 4) is 28.4 Å². The number of rotatable bonds is 6. The molecule has 0 N–H and O–H groups in total. The van der Waals surface area contributed by atoms with Crippen LogP contribution in [0.4, 0.5) is 0 Å². The molecule has 1 fully saturated rings. The van der Waals surface area contributed by atoms with E-state index in [1.54, 1.807) is 31.3 Å². The number of carbonyl (C=O) groups is 1. The molecule has 6 nitrogen and oxygen atoms in total. The molecule has 1 heterocycles. The van der Waals surface area contributed by atoms with Crippen LogP contribution in [-0.4, -0.2) is 57.9 Å². The lowest BCUT2D eigenvalue weighted by atomic mass is 10.0. The van der Waals surface area contributed by atoms with Crippen molar-refractivity contribution >= 4 is 17.5 Å². The summed E-state index contributed by atoms with van der Waals surface area (Å²) < 4.78 is 21.8. The molecule has 0 atom stereocenters. The molecule has 3 rings (SSSR count). The molecular formula is C20H22ClNO5. The summed E-state index contributed by atoms with van der Waals surface area (Å²) in [5, 5.41) is 0.554. The Kier molecular flexibility index (Phi) is 6.42. The van der Waals surface area contributed by atoms with E-state index in [1.807, 2.05) is 24.3 Å². The second-order valence-corrected chi connectivity index (χ2v) is 6.40. The Morgan fingerprint density at radius 2 is 1.85 bits per heavy atom. The highest BCUT2D eigenvalue weighted by Crippen LogP contribution is 2.39. The van der Waals surface area contributed by atoms with Crippen LogP contribution in [0.25, 0.3) is 11.1 Å². The Bertz CT molecular complexity index is 805. The first-order valence-electron chi connectivity index (χ1n) is 8.62. The third kappa shape index (κ3) is 4.64. The highest BCUT2D eigenvalue weighted by Gasteiger charge is 2.18. The molecule has 0 aromatic heterocycles. The Hall–Kier alpha value is -2.44. The number of hydrogen-bond donors (Lipinski definition) is 0. The second kappa shape index (κ2) is 8.97. The van der Waals surface area contributed by atoms with Gasteiger partial charge in [-0.25, -0.2) is 0 Å². The Balaban J connectivity index is 1.83. The highest BCUT2D eigenvalue weighted by atomic mass is 35.5. The van der Waals surface area contributed by atoms with Gasteiger partial charge in [0.2, 0.25) is 0 Å². The maximum atomic E-state index is 12.3. The minimum absolute atomic E-state index is 0.0493. The minimum atomic E-state index is -0.0713. The largest absolute Gasteiger partial charge is 0.497 e. The van der Waals surface area contributed by atoms with Gasteiger partial charge >= 0.3 is 0 Å². The van der Waals surface area contributed by atoms with E-state index in [4.69, 9.17) is 30.5 Å². The molecule has 2 aromatic carbocycles. The number of benzene rings is 2. The molecule has 1 aliphatic rings. The molecule has 7 heteroatoms. The first kappa shape index (κ1) is 19.3. The number of nitrogens with zero attached hydrogens (tertiary/aromatic N) is 1. The van der Waals surface area contributed by atoms with Gasteiger partial charge in [-0.1, -0.05) is 17.7 Å². The Labute approximate surface area is 163 Å². The number of amides is 1. The number of ether oxygens (including phenoxy) is 4. The fourth-order valence-corrected chi connectivity index (χ4v) is 3.20. The number of morpholine rings is 1. The summed E-state index contributed by atoms with van der Waals surface area (Å²) >= 11 is 6.39. The van der Waals surface area contributed by atoms with Gasteiger partial charge in [0.05, 0.1) is 32.5 Å². The zero-order valence-electron chi connectivity index (χ0n) is 15.4. The van der Waals surface area contributed by atoms with Crippen molar-refractivity contribution in [3.63, 3.8) is 0 Å². The summed E-state index contributed by atoms with van der Waals surface area (Å²) in [7, 11) is 3.17. The average molecular weight is 392 g/mol. The average Bonchev–Trinajstić information content (AvgIpc) is 2.72. The fraction of sp³-hybridized carbons (Fsp3) is 0.350. The SMILES string of the molecule is COc1cc(OCC(=O)N2CCOCC2)cc(-c2c(Cl)cccc2OC)c1. The standard InChI is InChI=1S/C20H22ClNO5/c1-24-15-10-14(20-17(21)4-3-5-18(20)25-2)11-16(12-15)27-13-19(23)22-6-8-26-9-7-22/h3-5,10-12H,6-9,13H2,1-2H3. The van der Waals surface area contributed by atoms with Crippen LogP contribution >= 0.6 is 11.6 Å². The predicted octanol–water partition coefficient (Wildman–Crippen LogP) is 3.26. The number of halogens is 1. The van der Waals surface area contributed by atoms with Crippen LogP contribution in [0, 0.1) is 0 Å². The van der Waals surface area contributed by atoms with Crippen LogP contribution in [0.2, 0.25) is 5.02 Å². The quantitative estimate of drug-likeness (QED) is 0.756. The van der Waals surface area contributed by atoms with Gasteiger partial charge in [0.15, 0.2) is 6.61 Å². The van der Waals surface area contributed by atoms with Crippen molar-refractivity contribution in [1.29, 1.82) is 0 Å². The third-order valence-electron chi connectivity index (χ3n) is 4.33. The zero-order chi connectivity index (χ0) is 19.2. The molecule has 1 aliphatic heterocycles. The molecule has 0 bridgehead atoms. The van der Waals surface area contributed by atoms with Crippen LogP contribution < -0.4 is 14.2 Å². The maximum Gasteiger partial charge on any atom is 0.260 e. The minimum Gasteiger partial charge on any atom is -0.497 e. The molecule has 27 heavy (non-hydrogen) atoms. The van der Waals surface area contributed by atoms with Crippen molar-refractivity contribution < 1.29 is 23.7 Å². The fourth-order valence-electron chi connectivity index (χ4n) is 2.92. The zero-order valence-corrected chi connectivity index (χ0v) is 16.1. The van der Waals surface area contributed by atoms with Gasteiger partial charge < -0.3 is 23.8 Å². The lowest BCUT2D eigenvalue weighted by Gasteiger charge is -2.26.